The van der Waals surface area contributed by atoms with E-state index in [9.17, 15) is 14.4 Å². The number of hydrogen-bond acceptors (Lipinski definition) is 4. The van der Waals surface area contributed by atoms with E-state index in [1.807, 2.05) is 0 Å². The third-order valence-corrected chi connectivity index (χ3v) is 3.99. The first-order valence-electron chi connectivity index (χ1n) is 8.44. The Bertz CT molecular complexity index is 538. The molecular weight excluding hydrogens is 310 g/mol. The van der Waals surface area contributed by atoms with Crippen LogP contribution in [0.25, 0.3) is 0 Å². The second-order valence-corrected chi connectivity index (χ2v) is 7.45. The van der Waals surface area contributed by atoms with Crippen molar-refractivity contribution in [2.75, 3.05) is 32.7 Å². The van der Waals surface area contributed by atoms with Gasteiger partial charge in [0.25, 0.3) is 5.91 Å². The van der Waals surface area contributed by atoms with Crippen LogP contribution >= 0.6 is 0 Å². The van der Waals surface area contributed by atoms with Gasteiger partial charge in [0.1, 0.15) is 5.71 Å². The standard InChI is InChI=1S/C16H27N5O3/c1-16(2,3)11-17-15(24)21-8-4-7-20(9-10-21)14(23)12-5-6-13(22)19-18-12/h4-11H2,1-3H3,(H,17,24)(H,19,22). The molecule has 24 heavy (non-hydrogen) atoms. The largest absolute Gasteiger partial charge is 0.337 e. The molecule has 2 aliphatic rings. The zero-order valence-corrected chi connectivity index (χ0v) is 14.7. The van der Waals surface area contributed by atoms with Crippen LogP contribution in [0.3, 0.4) is 0 Å². The lowest BCUT2D eigenvalue weighted by atomic mass is 9.97. The van der Waals surface area contributed by atoms with Crippen molar-refractivity contribution in [3.63, 3.8) is 0 Å². The van der Waals surface area contributed by atoms with Crippen LogP contribution in [0, 0.1) is 5.41 Å². The molecule has 8 nitrogen and oxygen atoms in total. The zero-order valence-electron chi connectivity index (χ0n) is 14.7. The van der Waals surface area contributed by atoms with Crippen LogP contribution in [0.4, 0.5) is 4.79 Å². The molecule has 1 fully saturated rings. The molecule has 2 rings (SSSR count). The van der Waals surface area contributed by atoms with Crippen molar-refractivity contribution >= 4 is 23.6 Å². The molecule has 0 aromatic rings. The Morgan fingerprint density at radius 2 is 1.79 bits per heavy atom. The first-order chi connectivity index (χ1) is 11.3. The number of nitrogens with one attached hydrogen (secondary N) is 2. The van der Waals surface area contributed by atoms with Gasteiger partial charge in [-0.05, 0) is 11.8 Å². The highest BCUT2D eigenvalue weighted by molar-refractivity contribution is 6.39. The third kappa shape index (κ3) is 5.21. The van der Waals surface area contributed by atoms with Gasteiger partial charge in [0.2, 0.25) is 5.91 Å². The summed E-state index contributed by atoms with van der Waals surface area (Å²) in [6, 6.07) is -0.0819. The molecule has 8 heteroatoms. The third-order valence-electron chi connectivity index (χ3n) is 3.99. The van der Waals surface area contributed by atoms with Crippen LogP contribution in [-0.4, -0.2) is 66.1 Å². The number of urea groups is 1. The molecule has 0 spiro atoms. The minimum atomic E-state index is -0.163. The highest BCUT2D eigenvalue weighted by Gasteiger charge is 2.27. The highest BCUT2D eigenvalue weighted by Crippen LogP contribution is 2.12. The Labute approximate surface area is 142 Å². The highest BCUT2D eigenvalue weighted by atomic mass is 16.2. The molecule has 0 aliphatic carbocycles. The van der Waals surface area contributed by atoms with Crippen molar-refractivity contribution in [2.45, 2.75) is 40.0 Å². The summed E-state index contributed by atoms with van der Waals surface area (Å²) in [6.07, 6.45) is 1.39. The predicted octanol–water partition coefficient (Wildman–Crippen LogP) is 0.542. The quantitative estimate of drug-likeness (QED) is 0.770. The van der Waals surface area contributed by atoms with Gasteiger partial charge in [0.05, 0.1) is 0 Å². The van der Waals surface area contributed by atoms with Gasteiger partial charge < -0.3 is 15.1 Å². The van der Waals surface area contributed by atoms with Crippen molar-refractivity contribution in [2.24, 2.45) is 10.5 Å². The fraction of sp³-hybridized carbons (Fsp3) is 0.750. The summed E-state index contributed by atoms with van der Waals surface area (Å²) in [7, 11) is 0. The summed E-state index contributed by atoms with van der Waals surface area (Å²) in [5, 5.41) is 6.80. The summed E-state index contributed by atoms with van der Waals surface area (Å²) >= 11 is 0. The Balaban J connectivity index is 1.87. The summed E-state index contributed by atoms with van der Waals surface area (Å²) in [4.78, 5) is 39.3. The van der Waals surface area contributed by atoms with Gasteiger partial charge >= 0.3 is 6.03 Å². The molecule has 0 aromatic heterocycles. The molecule has 4 amide bonds. The average molecular weight is 337 g/mol. The van der Waals surface area contributed by atoms with Crippen molar-refractivity contribution in [3.05, 3.63) is 0 Å². The van der Waals surface area contributed by atoms with Crippen molar-refractivity contribution in [3.8, 4) is 0 Å². The van der Waals surface area contributed by atoms with Crippen LogP contribution in [0.2, 0.25) is 0 Å². The Kier molecular flexibility index (Phi) is 5.80. The molecule has 0 bridgehead atoms. The molecule has 1 saturated heterocycles. The van der Waals surface area contributed by atoms with E-state index < -0.39 is 0 Å². The molecule has 0 atom stereocenters. The van der Waals surface area contributed by atoms with Crippen LogP contribution in [0.1, 0.15) is 40.0 Å². The molecule has 2 N–H and O–H groups in total. The molecule has 0 saturated carbocycles. The monoisotopic (exact) mass is 337 g/mol. The van der Waals surface area contributed by atoms with Crippen LogP contribution in [-0.2, 0) is 9.59 Å². The average Bonchev–Trinajstić information content (AvgIpc) is 2.78. The number of rotatable bonds is 2. The van der Waals surface area contributed by atoms with Gasteiger partial charge in [-0.25, -0.2) is 10.2 Å². The summed E-state index contributed by atoms with van der Waals surface area (Å²) in [5.74, 6) is -0.309. The lowest BCUT2D eigenvalue weighted by molar-refractivity contribution is -0.124. The van der Waals surface area contributed by atoms with Crippen molar-refractivity contribution < 1.29 is 14.4 Å². The van der Waals surface area contributed by atoms with Crippen molar-refractivity contribution in [1.29, 1.82) is 0 Å². The smallest absolute Gasteiger partial charge is 0.317 e. The molecular formula is C16H27N5O3. The van der Waals surface area contributed by atoms with Gasteiger partial charge in [0.15, 0.2) is 0 Å². The summed E-state index contributed by atoms with van der Waals surface area (Å²) in [5.41, 5.74) is 2.78. The molecule has 0 aromatic carbocycles. The molecule has 2 heterocycles. The number of hydrazone groups is 1. The maximum absolute atomic E-state index is 12.5. The van der Waals surface area contributed by atoms with Gasteiger partial charge in [-0.2, -0.15) is 5.10 Å². The lowest BCUT2D eigenvalue weighted by Gasteiger charge is -2.25. The lowest BCUT2D eigenvalue weighted by Crippen LogP contribution is -2.45. The van der Waals surface area contributed by atoms with Crippen molar-refractivity contribution in [1.82, 2.24) is 20.5 Å². The number of hydrogen-bond donors (Lipinski definition) is 2. The van der Waals surface area contributed by atoms with Gasteiger partial charge in [-0.15, -0.1) is 0 Å². The van der Waals surface area contributed by atoms with Gasteiger partial charge in [-0.3, -0.25) is 9.59 Å². The second kappa shape index (κ2) is 7.63. The minimum Gasteiger partial charge on any atom is -0.337 e. The number of carbonyl (C=O) groups is 3. The zero-order chi connectivity index (χ0) is 17.7. The van der Waals surface area contributed by atoms with E-state index in [0.717, 1.165) is 6.42 Å². The van der Waals surface area contributed by atoms with E-state index in [1.54, 1.807) is 9.80 Å². The van der Waals surface area contributed by atoms with E-state index in [4.69, 9.17) is 0 Å². The SMILES string of the molecule is CC(C)(C)CNC(=O)N1CCCN(C(=O)C2=NNC(=O)CC2)CC1. The molecule has 0 radical (unpaired) electrons. The van der Waals surface area contributed by atoms with Crippen LogP contribution in [0.15, 0.2) is 5.10 Å². The van der Waals surface area contributed by atoms with Gasteiger partial charge in [0, 0.05) is 45.6 Å². The molecule has 0 unspecified atom stereocenters. The fourth-order valence-electron chi connectivity index (χ4n) is 2.59. The van der Waals surface area contributed by atoms with Gasteiger partial charge in [-0.1, -0.05) is 20.8 Å². The Morgan fingerprint density at radius 1 is 1.12 bits per heavy atom. The minimum absolute atomic E-state index is 0.0348. The summed E-state index contributed by atoms with van der Waals surface area (Å²) in [6.45, 7) is 9.02. The van der Waals surface area contributed by atoms with E-state index in [-0.39, 0.29) is 23.3 Å². The Hall–Kier alpha value is -2.12. The first-order valence-corrected chi connectivity index (χ1v) is 8.44. The maximum atomic E-state index is 12.5. The maximum Gasteiger partial charge on any atom is 0.317 e. The molecule has 134 valence electrons. The van der Waals surface area contributed by atoms with E-state index >= 15 is 0 Å². The van der Waals surface area contributed by atoms with E-state index in [1.165, 1.54) is 0 Å². The van der Waals surface area contributed by atoms with Crippen LogP contribution < -0.4 is 10.7 Å². The number of carbonyl (C=O) groups excluding carboxylic acids is 3. The number of nitrogens with zero attached hydrogens (tertiary/aromatic N) is 3. The predicted molar refractivity (Wildman–Crippen MR) is 90.4 cm³/mol. The second-order valence-electron chi connectivity index (χ2n) is 7.45. The molecule has 2 aliphatic heterocycles. The topological polar surface area (TPSA) is 94.1 Å². The first kappa shape index (κ1) is 18.2. The van der Waals surface area contributed by atoms with E-state index in [2.05, 4.69) is 36.6 Å². The fourth-order valence-corrected chi connectivity index (χ4v) is 2.59. The van der Waals surface area contributed by atoms with Crippen LogP contribution in [0.5, 0.6) is 0 Å². The summed E-state index contributed by atoms with van der Waals surface area (Å²) < 4.78 is 0. The van der Waals surface area contributed by atoms with E-state index in [0.29, 0.717) is 51.3 Å². The normalized spacial score (nSPS) is 19.3. The Morgan fingerprint density at radius 3 is 2.42 bits per heavy atom. The number of amides is 4.